The number of amides is 1. The maximum absolute atomic E-state index is 12.3. The van der Waals surface area contributed by atoms with E-state index in [1.165, 1.54) is 32.1 Å². The van der Waals surface area contributed by atoms with E-state index < -0.39 is 0 Å². The van der Waals surface area contributed by atoms with Crippen molar-refractivity contribution in [2.45, 2.75) is 51.7 Å². The van der Waals surface area contributed by atoms with Crippen LogP contribution in [-0.4, -0.2) is 24.2 Å². The van der Waals surface area contributed by atoms with Crippen LogP contribution < -0.4 is 10.1 Å². The molecule has 1 aliphatic rings. The lowest BCUT2D eigenvalue weighted by molar-refractivity contribution is 0.0919. The summed E-state index contributed by atoms with van der Waals surface area (Å²) in [5, 5.41) is 12.3. The number of aliphatic hydroxyl groups excluding tert-OH is 1. The van der Waals surface area contributed by atoms with E-state index in [2.05, 4.69) is 12.2 Å². The van der Waals surface area contributed by atoms with Gasteiger partial charge in [0.15, 0.2) is 0 Å². The van der Waals surface area contributed by atoms with E-state index in [-0.39, 0.29) is 18.6 Å². The van der Waals surface area contributed by atoms with Crippen LogP contribution in [0.15, 0.2) is 18.2 Å². The molecule has 1 saturated carbocycles. The van der Waals surface area contributed by atoms with E-state index in [4.69, 9.17) is 4.74 Å². The molecule has 0 saturated heterocycles. The lowest BCUT2D eigenvalue weighted by Crippen LogP contribution is -2.38. The zero-order valence-electron chi connectivity index (χ0n) is 12.9. The summed E-state index contributed by atoms with van der Waals surface area (Å²) in [5.74, 6) is 1.06. The number of methoxy groups -OCH3 is 1. The topological polar surface area (TPSA) is 58.6 Å². The molecule has 0 aromatic heterocycles. The molecule has 0 spiro atoms. The van der Waals surface area contributed by atoms with Gasteiger partial charge in [0.1, 0.15) is 5.75 Å². The summed E-state index contributed by atoms with van der Waals surface area (Å²) in [7, 11) is 1.54. The molecule has 0 heterocycles. The standard InChI is InChI=1S/C17H25NO3/c1-12(13-6-4-3-5-7-13)18-17(20)14-8-9-15(11-19)16(10-14)21-2/h8-10,12-13,19H,3-7,11H2,1-2H3,(H,18,20)/t12-/m0/s1. The second kappa shape index (κ2) is 7.46. The number of rotatable bonds is 5. The van der Waals surface area contributed by atoms with Crippen molar-refractivity contribution in [1.29, 1.82) is 0 Å². The largest absolute Gasteiger partial charge is 0.496 e. The Balaban J connectivity index is 2.02. The molecular formula is C17H25NO3. The Morgan fingerprint density at radius 2 is 2.10 bits per heavy atom. The minimum absolute atomic E-state index is 0.0733. The minimum atomic E-state index is -0.0937. The van der Waals surface area contributed by atoms with Crippen LogP contribution in [0, 0.1) is 5.92 Å². The first-order valence-corrected chi connectivity index (χ1v) is 7.74. The fourth-order valence-electron chi connectivity index (χ4n) is 3.06. The van der Waals surface area contributed by atoms with E-state index in [1.54, 1.807) is 25.3 Å². The molecule has 1 aliphatic carbocycles. The Kier molecular flexibility index (Phi) is 5.62. The molecule has 4 nitrogen and oxygen atoms in total. The minimum Gasteiger partial charge on any atom is -0.496 e. The molecule has 116 valence electrons. The zero-order chi connectivity index (χ0) is 15.2. The van der Waals surface area contributed by atoms with Crippen LogP contribution in [0.25, 0.3) is 0 Å². The molecule has 0 aliphatic heterocycles. The molecule has 1 aromatic rings. The second-order valence-corrected chi connectivity index (χ2v) is 5.84. The van der Waals surface area contributed by atoms with E-state index in [0.717, 1.165) is 0 Å². The number of hydrogen-bond donors (Lipinski definition) is 2. The van der Waals surface area contributed by atoms with Crippen molar-refractivity contribution in [3.63, 3.8) is 0 Å². The Morgan fingerprint density at radius 3 is 2.71 bits per heavy atom. The molecule has 1 atom stereocenters. The van der Waals surface area contributed by atoms with Crippen molar-refractivity contribution < 1.29 is 14.6 Å². The zero-order valence-corrected chi connectivity index (χ0v) is 12.9. The molecule has 0 unspecified atom stereocenters. The van der Waals surface area contributed by atoms with Crippen LogP contribution in [0.4, 0.5) is 0 Å². The third kappa shape index (κ3) is 3.97. The molecule has 1 fully saturated rings. The van der Waals surface area contributed by atoms with Gasteiger partial charge < -0.3 is 15.2 Å². The predicted molar refractivity (Wildman–Crippen MR) is 82.4 cm³/mol. The van der Waals surface area contributed by atoms with Gasteiger partial charge in [0, 0.05) is 17.2 Å². The van der Waals surface area contributed by atoms with Crippen LogP contribution in [0.5, 0.6) is 5.75 Å². The number of benzene rings is 1. The van der Waals surface area contributed by atoms with Crippen molar-refractivity contribution in [3.8, 4) is 5.75 Å². The molecule has 2 N–H and O–H groups in total. The van der Waals surface area contributed by atoms with Crippen LogP contribution in [0.1, 0.15) is 54.9 Å². The molecule has 1 aromatic carbocycles. The van der Waals surface area contributed by atoms with Crippen LogP contribution in [0.3, 0.4) is 0 Å². The van der Waals surface area contributed by atoms with Crippen molar-refractivity contribution in [1.82, 2.24) is 5.32 Å². The summed E-state index contributed by atoms with van der Waals surface area (Å²) >= 11 is 0. The molecule has 1 amide bonds. The number of ether oxygens (including phenoxy) is 1. The summed E-state index contributed by atoms with van der Waals surface area (Å²) < 4.78 is 5.21. The average Bonchev–Trinajstić information content (AvgIpc) is 2.54. The van der Waals surface area contributed by atoms with Gasteiger partial charge in [-0.25, -0.2) is 0 Å². The highest BCUT2D eigenvalue weighted by atomic mass is 16.5. The number of hydrogen-bond acceptors (Lipinski definition) is 3. The first-order chi connectivity index (χ1) is 10.2. The Morgan fingerprint density at radius 1 is 1.38 bits per heavy atom. The molecule has 21 heavy (non-hydrogen) atoms. The van der Waals surface area contributed by atoms with Gasteiger partial charge >= 0.3 is 0 Å². The van der Waals surface area contributed by atoms with Gasteiger partial charge in [0.2, 0.25) is 0 Å². The van der Waals surface area contributed by atoms with Gasteiger partial charge in [-0.1, -0.05) is 25.3 Å². The second-order valence-electron chi connectivity index (χ2n) is 5.84. The fraction of sp³-hybridized carbons (Fsp3) is 0.588. The third-order valence-corrected chi connectivity index (χ3v) is 4.44. The normalized spacial score (nSPS) is 17.3. The highest BCUT2D eigenvalue weighted by Crippen LogP contribution is 2.26. The molecule has 0 bridgehead atoms. The van der Waals surface area contributed by atoms with Crippen molar-refractivity contribution >= 4 is 5.91 Å². The van der Waals surface area contributed by atoms with Crippen molar-refractivity contribution in [3.05, 3.63) is 29.3 Å². The number of aliphatic hydroxyl groups is 1. The SMILES string of the molecule is COc1cc(C(=O)N[C@@H](C)C2CCCCC2)ccc1CO. The first kappa shape index (κ1) is 15.8. The van der Waals surface area contributed by atoms with Crippen LogP contribution in [-0.2, 0) is 6.61 Å². The first-order valence-electron chi connectivity index (χ1n) is 7.74. The van der Waals surface area contributed by atoms with Gasteiger partial charge in [0.25, 0.3) is 5.91 Å². The summed E-state index contributed by atoms with van der Waals surface area (Å²) in [6, 6.07) is 5.35. The number of carbonyl (C=O) groups excluding carboxylic acids is 1. The maximum atomic E-state index is 12.3. The average molecular weight is 291 g/mol. The summed E-state index contributed by atoms with van der Waals surface area (Å²) in [6.45, 7) is 2.00. The molecule has 4 heteroatoms. The van der Waals surface area contributed by atoms with Gasteiger partial charge in [0.05, 0.1) is 13.7 Å². The van der Waals surface area contributed by atoms with Crippen molar-refractivity contribution in [2.75, 3.05) is 7.11 Å². The van der Waals surface area contributed by atoms with E-state index in [9.17, 15) is 9.90 Å². The summed E-state index contributed by atoms with van der Waals surface area (Å²) in [4.78, 5) is 12.3. The van der Waals surface area contributed by atoms with Gasteiger partial charge in [-0.15, -0.1) is 0 Å². The lowest BCUT2D eigenvalue weighted by atomic mass is 9.84. The number of nitrogens with one attached hydrogen (secondary N) is 1. The Labute approximate surface area is 126 Å². The highest BCUT2D eigenvalue weighted by molar-refractivity contribution is 5.94. The molecule has 0 radical (unpaired) electrons. The van der Waals surface area contributed by atoms with Gasteiger partial charge in [-0.2, -0.15) is 0 Å². The predicted octanol–water partition coefficient (Wildman–Crippen LogP) is 2.89. The highest BCUT2D eigenvalue weighted by Gasteiger charge is 2.22. The van der Waals surface area contributed by atoms with Gasteiger partial charge in [-0.3, -0.25) is 4.79 Å². The summed E-state index contributed by atoms with van der Waals surface area (Å²) in [6.07, 6.45) is 6.26. The van der Waals surface area contributed by atoms with Crippen molar-refractivity contribution in [2.24, 2.45) is 5.92 Å². The molecule has 2 rings (SSSR count). The summed E-state index contributed by atoms with van der Waals surface area (Å²) in [5.41, 5.74) is 1.26. The smallest absolute Gasteiger partial charge is 0.251 e. The maximum Gasteiger partial charge on any atom is 0.251 e. The quantitative estimate of drug-likeness (QED) is 0.877. The molecular weight excluding hydrogens is 266 g/mol. The van der Waals surface area contributed by atoms with E-state index in [0.29, 0.717) is 22.8 Å². The van der Waals surface area contributed by atoms with Crippen LogP contribution in [0.2, 0.25) is 0 Å². The number of carbonyl (C=O) groups is 1. The monoisotopic (exact) mass is 291 g/mol. The Bertz CT molecular complexity index is 481. The fourth-order valence-corrected chi connectivity index (χ4v) is 3.06. The van der Waals surface area contributed by atoms with Gasteiger partial charge in [-0.05, 0) is 37.8 Å². The van der Waals surface area contributed by atoms with E-state index >= 15 is 0 Å². The van der Waals surface area contributed by atoms with Crippen LogP contribution >= 0.6 is 0 Å². The Hall–Kier alpha value is -1.55. The third-order valence-electron chi connectivity index (χ3n) is 4.44. The lowest BCUT2D eigenvalue weighted by Gasteiger charge is -2.28. The van der Waals surface area contributed by atoms with E-state index in [1.807, 2.05) is 0 Å².